The van der Waals surface area contributed by atoms with E-state index in [9.17, 15) is 0 Å². The summed E-state index contributed by atoms with van der Waals surface area (Å²) in [6, 6.07) is 8.24. The monoisotopic (exact) mass is 175 g/mol. The highest BCUT2D eigenvalue weighted by Crippen LogP contribution is 2.33. The third kappa shape index (κ3) is 1.26. The van der Waals surface area contributed by atoms with E-state index >= 15 is 0 Å². The summed E-state index contributed by atoms with van der Waals surface area (Å²) in [6.07, 6.45) is 0.308. The van der Waals surface area contributed by atoms with Crippen LogP contribution in [0.2, 0.25) is 0 Å². The number of rotatable bonds is 2. The number of nitrogens with one attached hydrogen (secondary N) is 1. The number of hydrogen-bond acceptors (Lipinski definition) is 3. The van der Waals surface area contributed by atoms with E-state index in [-0.39, 0.29) is 0 Å². The van der Waals surface area contributed by atoms with Gasteiger partial charge < -0.3 is 10.2 Å². The molecule has 1 heterocycles. The molecule has 3 nitrogen and oxygen atoms in total. The molecule has 1 unspecified atom stereocenters. The quantitative estimate of drug-likeness (QED) is 0.695. The number of anilines is 2. The molecule has 0 aliphatic carbocycles. The predicted molar refractivity (Wildman–Crippen MR) is 56.4 cm³/mol. The maximum Gasteiger partial charge on any atom is 0.111 e. The molecule has 13 heavy (non-hydrogen) atoms. The van der Waals surface area contributed by atoms with Gasteiger partial charge in [-0.2, -0.15) is 0 Å². The summed E-state index contributed by atoms with van der Waals surface area (Å²) in [5.41, 5.74) is 2.39. The van der Waals surface area contributed by atoms with Crippen LogP contribution < -0.4 is 10.2 Å². The third-order valence-electron chi connectivity index (χ3n) is 2.30. The van der Waals surface area contributed by atoms with Crippen LogP contribution in [0.4, 0.5) is 11.4 Å². The van der Waals surface area contributed by atoms with Crippen molar-refractivity contribution in [2.24, 2.45) is 4.99 Å². The molecular formula is C10H13N3. The normalized spacial score (nSPS) is 19.5. The molecule has 1 aliphatic rings. The average molecular weight is 175 g/mol. The van der Waals surface area contributed by atoms with Crippen LogP contribution in [-0.4, -0.2) is 19.6 Å². The standard InChI is InChI=1S/C10H13N3/c1-8-12-9-5-3-4-6-10(9)13(8)7-11-2/h3-6,8,12H,2,7H2,1H3. The number of benzene rings is 1. The lowest BCUT2D eigenvalue weighted by molar-refractivity contribution is 0.738. The van der Waals surface area contributed by atoms with Gasteiger partial charge in [0.1, 0.15) is 6.67 Å². The lowest BCUT2D eigenvalue weighted by Gasteiger charge is -2.20. The molecule has 3 heteroatoms. The summed E-state index contributed by atoms with van der Waals surface area (Å²) in [4.78, 5) is 6.09. The molecule has 1 aromatic rings. The number of fused-ring (bicyclic) bond motifs is 1. The molecule has 0 spiro atoms. The highest BCUT2D eigenvalue weighted by Gasteiger charge is 2.23. The molecule has 1 aromatic carbocycles. The number of hydrogen-bond donors (Lipinski definition) is 1. The maximum atomic E-state index is 3.90. The first-order valence-electron chi connectivity index (χ1n) is 4.37. The Hall–Kier alpha value is -1.51. The molecule has 0 bridgehead atoms. The molecule has 0 fully saturated rings. The van der Waals surface area contributed by atoms with Crippen molar-refractivity contribution >= 4 is 18.1 Å². The predicted octanol–water partition coefficient (Wildman–Crippen LogP) is 1.92. The van der Waals surface area contributed by atoms with E-state index in [0.29, 0.717) is 12.8 Å². The highest BCUT2D eigenvalue weighted by molar-refractivity contribution is 5.75. The minimum Gasteiger partial charge on any atom is -0.364 e. The largest absolute Gasteiger partial charge is 0.364 e. The van der Waals surface area contributed by atoms with Crippen LogP contribution in [0.25, 0.3) is 0 Å². The van der Waals surface area contributed by atoms with Crippen LogP contribution >= 0.6 is 0 Å². The van der Waals surface area contributed by atoms with Gasteiger partial charge in [-0.3, -0.25) is 4.99 Å². The van der Waals surface area contributed by atoms with Gasteiger partial charge in [-0.25, -0.2) is 0 Å². The van der Waals surface area contributed by atoms with Gasteiger partial charge in [0.05, 0.1) is 17.5 Å². The minimum atomic E-state index is 0.308. The zero-order chi connectivity index (χ0) is 9.26. The maximum absolute atomic E-state index is 3.90. The van der Waals surface area contributed by atoms with Gasteiger partial charge in [-0.05, 0) is 25.8 Å². The second-order valence-corrected chi connectivity index (χ2v) is 3.17. The van der Waals surface area contributed by atoms with Crippen LogP contribution in [0, 0.1) is 0 Å². The van der Waals surface area contributed by atoms with Crippen LogP contribution in [0.15, 0.2) is 29.3 Å². The molecule has 0 aromatic heterocycles. The summed E-state index contributed by atoms with van der Waals surface area (Å²) in [6.45, 7) is 6.27. The topological polar surface area (TPSA) is 27.6 Å². The molecular weight excluding hydrogens is 162 g/mol. The highest BCUT2D eigenvalue weighted by atomic mass is 15.4. The molecule has 0 saturated carbocycles. The Morgan fingerprint density at radius 2 is 2.31 bits per heavy atom. The van der Waals surface area contributed by atoms with Gasteiger partial charge in [0.25, 0.3) is 0 Å². The first-order chi connectivity index (χ1) is 6.33. The Kier molecular flexibility index (Phi) is 1.93. The summed E-state index contributed by atoms with van der Waals surface area (Å²) < 4.78 is 0. The molecule has 0 radical (unpaired) electrons. The van der Waals surface area contributed by atoms with E-state index in [1.807, 2.05) is 12.1 Å². The smallest absolute Gasteiger partial charge is 0.111 e. The summed E-state index contributed by atoms with van der Waals surface area (Å²) in [7, 11) is 0. The fourth-order valence-electron chi connectivity index (χ4n) is 1.66. The average Bonchev–Trinajstić information content (AvgIpc) is 2.44. The van der Waals surface area contributed by atoms with E-state index in [1.54, 1.807) is 0 Å². The molecule has 2 rings (SSSR count). The van der Waals surface area contributed by atoms with Gasteiger partial charge in [0.15, 0.2) is 0 Å². The van der Waals surface area contributed by atoms with E-state index < -0.39 is 0 Å². The van der Waals surface area contributed by atoms with Crippen molar-refractivity contribution in [2.75, 3.05) is 16.9 Å². The van der Waals surface area contributed by atoms with E-state index in [4.69, 9.17) is 0 Å². The number of para-hydroxylation sites is 2. The molecule has 1 atom stereocenters. The summed E-state index contributed by atoms with van der Waals surface area (Å²) in [5, 5.41) is 3.37. The first kappa shape index (κ1) is 8.10. The third-order valence-corrected chi connectivity index (χ3v) is 2.30. The van der Waals surface area contributed by atoms with Crippen molar-refractivity contribution in [3.05, 3.63) is 24.3 Å². The van der Waals surface area contributed by atoms with Crippen LogP contribution in [0.1, 0.15) is 6.92 Å². The Morgan fingerprint density at radius 1 is 1.54 bits per heavy atom. The first-order valence-corrected chi connectivity index (χ1v) is 4.37. The van der Waals surface area contributed by atoms with Gasteiger partial charge >= 0.3 is 0 Å². The van der Waals surface area contributed by atoms with Crippen LogP contribution in [0.5, 0.6) is 0 Å². The molecule has 1 N–H and O–H groups in total. The van der Waals surface area contributed by atoms with Gasteiger partial charge in [-0.1, -0.05) is 12.1 Å². The number of nitrogens with zero attached hydrogens (tertiary/aromatic N) is 2. The van der Waals surface area contributed by atoms with E-state index in [1.165, 1.54) is 11.4 Å². The Balaban J connectivity index is 2.34. The second-order valence-electron chi connectivity index (χ2n) is 3.17. The molecule has 0 saturated heterocycles. The Labute approximate surface area is 78.1 Å². The zero-order valence-electron chi connectivity index (χ0n) is 7.70. The molecule has 0 amide bonds. The van der Waals surface area contributed by atoms with Crippen molar-refractivity contribution in [3.63, 3.8) is 0 Å². The van der Waals surface area contributed by atoms with Crippen LogP contribution in [0.3, 0.4) is 0 Å². The SMILES string of the molecule is C=NCN1c2ccccc2NC1C. The van der Waals surface area contributed by atoms with Gasteiger partial charge in [-0.15, -0.1) is 0 Å². The summed E-state index contributed by atoms with van der Waals surface area (Å²) >= 11 is 0. The van der Waals surface area contributed by atoms with Crippen molar-refractivity contribution in [3.8, 4) is 0 Å². The minimum absolute atomic E-state index is 0.308. The number of aliphatic imine (C=N–C) groups is 1. The Morgan fingerprint density at radius 3 is 3.08 bits per heavy atom. The lowest BCUT2D eigenvalue weighted by atomic mass is 10.3. The summed E-state index contributed by atoms with van der Waals surface area (Å²) in [5.74, 6) is 0. The molecule has 1 aliphatic heterocycles. The zero-order valence-corrected chi connectivity index (χ0v) is 7.70. The van der Waals surface area contributed by atoms with E-state index in [0.717, 1.165) is 0 Å². The van der Waals surface area contributed by atoms with E-state index in [2.05, 4.69) is 41.0 Å². The van der Waals surface area contributed by atoms with Gasteiger partial charge in [0.2, 0.25) is 0 Å². The van der Waals surface area contributed by atoms with Crippen molar-refractivity contribution in [2.45, 2.75) is 13.1 Å². The molecule has 68 valence electrons. The fourth-order valence-corrected chi connectivity index (χ4v) is 1.66. The van der Waals surface area contributed by atoms with Crippen molar-refractivity contribution in [1.29, 1.82) is 0 Å². The van der Waals surface area contributed by atoms with Crippen molar-refractivity contribution < 1.29 is 0 Å². The Bertz CT molecular complexity index is 322. The second kappa shape index (κ2) is 3.09. The lowest BCUT2D eigenvalue weighted by Crippen LogP contribution is -2.32. The van der Waals surface area contributed by atoms with Gasteiger partial charge in [0, 0.05) is 0 Å². The van der Waals surface area contributed by atoms with Crippen molar-refractivity contribution in [1.82, 2.24) is 0 Å². The van der Waals surface area contributed by atoms with Crippen LogP contribution in [-0.2, 0) is 0 Å². The fraction of sp³-hybridized carbons (Fsp3) is 0.300.